The zero-order valence-corrected chi connectivity index (χ0v) is 16.1. The minimum atomic E-state index is -3.56. The van der Waals surface area contributed by atoms with Gasteiger partial charge in [-0.3, -0.25) is 9.69 Å². The number of piperidine rings is 1. The van der Waals surface area contributed by atoms with Crippen LogP contribution < -0.4 is 9.62 Å². The predicted octanol–water partition coefficient (Wildman–Crippen LogP) is 2.03. The van der Waals surface area contributed by atoms with Crippen molar-refractivity contribution < 1.29 is 13.2 Å². The van der Waals surface area contributed by atoms with Crippen molar-refractivity contribution in [3.63, 3.8) is 0 Å². The quantitative estimate of drug-likeness (QED) is 0.872. The van der Waals surface area contributed by atoms with Gasteiger partial charge in [-0.2, -0.15) is 0 Å². The van der Waals surface area contributed by atoms with Gasteiger partial charge in [0.25, 0.3) is 0 Å². The minimum absolute atomic E-state index is 0.000429. The van der Waals surface area contributed by atoms with Crippen LogP contribution in [0.1, 0.15) is 44.1 Å². The third kappa shape index (κ3) is 3.28. The van der Waals surface area contributed by atoms with Crippen LogP contribution in [0, 0.1) is 6.92 Å². The summed E-state index contributed by atoms with van der Waals surface area (Å²) in [5, 5.41) is 0. The lowest BCUT2D eigenvalue weighted by molar-refractivity contribution is -0.117. The molecular formula is C19H27N3O3S. The van der Waals surface area contributed by atoms with E-state index in [1.165, 1.54) is 12.8 Å². The molecule has 0 unspecified atom stereocenters. The van der Waals surface area contributed by atoms with E-state index in [0.717, 1.165) is 38.0 Å². The van der Waals surface area contributed by atoms with Gasteiger partial charge in [-0.25, -0.2) is 13.1 Å². The largest absolute Gasteiger partial charge is 0.312 e. The van der Waals surface area contributed by atoms with Crippen molar-refractivity contribution in [2.45, 2.75) is 62.4 Å². The molecule has 0 aliphatic carbocycles. The Hall–Kier alpha value is -1.44. The smallest absolute Gasteiger partial charge is 0.241 e. The molecule has 0 spiro atoms. The molecule has 3 fully saturated rings. The molecule has 1 N–H and O–H groups in total. The van der Waals surface area contributed by atoms with Crippen LogP contribution in [0.3, 0.4) is 0 Å². The number of amides is 1. The number of carbonyl (C=O) groups is 1. The van der Waals surface area contributed by atoms with E-state index >= 15 is 0 Å². The summed E-state index contributed by atoms with van der Waals surface area (Å²) in [7, 11) is -3.56. The summed E-state index contributed by atoms with van der Waals surface area (Å²) in [6.07, 6.45) is 5.77. The van der Waals surface area contributed by atoms with Crippen LogP contribution in [0.15, 0.2) is 23.1 Å². The first-order chi connectivity index (χ1) is 12.5. The van der Waals surface area contributed by atoms with Gasteiger partial charge in [0.1, 0.15) is 0 Å². The number of rotatable bonds is 4. The maximum absolute atomic E-state index is 13.0. The van der Waals surface area contributed by atoms with Crippen LogP contribution in [-0.2, 0) is 14.8 Å². The van der Waals surface area contributed by atoms with Crippen LogP contribution in [-0.4, -0.2) is 50.9 Å². The van der Waals surface area contributed by atoms with Crippen LogP contribution in [0.5, 0.6) is 0 Å². The number of aryl methyl sites for hydroxylation is 1. The molecule has 6 nitrogen and oxygen atoms in total. The molecule has 26 heavy (non-hydrogen) atoms. The number of nitrogens with zero attached hydrogens (tertiary/aromatic N) is 2. The molecule has 0 saturated carbocycles. The Morgan fingerprint density at radius 3 is 2.65 bits per heavy atom. The Bertz CT molecular complexity index is 808. The molecule has 0 radical (unpaired) electrons. The zero-order chi connectivity index (χ0) is 18.3. The maximum atomic E-state index is 13.0. The third-order valence-electron chi connectivity index (χ3n) is 6.00. The summed E-state index contributed by atoms with van der Waals surface area (Å²) in [5.74, 6) is 0.112. The second kappa shape index (κ2) is 6.94. The van der Waals surface area contributed by atoms with E-state index in [4.69, 9.17) is 0 Å². The molecule has 142 valence electrons. The Morgan fingerprint density at radius 1 is 1.08 bits per heavy atom. The van der Waals surface area contributed by atoms with E-state index < -0.39 is 10.0 Å². The highest BCUT2D eigenvalue weighted by Crippen LogP contribution is 2.30. The first-order valence-corrected chi connectivity index (χ1v) is 11.1. The lowest BCUT2D eigenvalue weighted by Crippen LogP contribution is -2.46. The first kappa shape index (κ1) is 17.9. The van der Waals surface area contributed by atoms with Gasteiger partial charge < -0.3 is 4.90 Å². The number of fused-ring (bicyclic) bond motifs is 1. The van der Waals surface area contributed by atoms with Crippen molar-refractivity contribution >= 4 is 21.6 Å². The third-order valence-corrected chi connectivity index (χ3v) is 7.65. The van der Waals surface area contributed by atoms with Crippen molar-refractivity contribution in [1.82, 2.24) is 9.62 Å². The predicted molar refractivity (Wildman–Crippen MR) is 101 cm³/mol. The fourth-order valence-corrected chi connectivity index (χ4v) is 6.20. The number of sulfonamides is 1. The van der Waals surface area contributed by atoms with Gasteiger partial charge in [0.05, 0.1) is 4.90 Å². The molecule has 3 aliphatic heterocycles. The van der Waals surface area contributed by atoms with Crippen molar-refractivity contribution in [2.75, 3.05) is 24.5 Å². The van der Waals surface area contributed by atoms with E-state index in [2.05, 4.69) is 9.62 Å². The molecule has 3 heterocycles. The minimum Gasteiger partial charge on any atom is -0.312 e. The average molecular weight is 378 g/mol. The van der Waals surface area contributed by atoms with Crippen LogP contribution in [0.2, 0.25) is 0 Å². The van der Waals surface area contributed by atoms with E-state index in [0.29, 0.717) is 29.5 Å². The van der Waals surface area contributed by atoms with Crippen LogP contribution in [0.25, 0.3) is 0 Å². The van der Waals surface area contributed by atoms with E-state index in [1.807, 2.05) is 6.07 Å². The van der Waals surface area contributed by atoms with Crippen molar-refractivity contribution in [1.29, 1.82) is 0 Å². The second-order valence-electron chi connectivity index (χ2n) is 7.71. The molecule has 2 atom stereocenters. The highest BCUT2D eigenvalue weighted by Gasteiger charge is 2.38. The SMILES string of the molecule is Cc1cc(N2CCCC2=O)ccc1S(=O)(=O)N[C@H]1CCN2CCCC[C@@H]12. The normalized spacial score (nSPS) is 27.1. The summed E-state index contributed by atoms with van der Waals surface area (Å²) in [5.41, 5.74) is 1.48. The van der Waals surface area contributed by atoms with Crippen LogP contribution >= 0.6 is 0 Å². The monoisotopic (exact) mass is 377 g/mol. The Morgan fingerprint density at radius 2 is 1.92 bits per heavy atom. The Balaban J connectivity index is 1.53. The molecule has 3 aliphatic rings. The van der Waals surface area contributed by atoms with Gasteiger partial charge in [-0.15, -0.1) is 0 Å². The summed E-state index contributed by atoms with van der Waals surface area (Å²) in [6.45, 7) is 4.58. The average Bonchev–Trinajstić information content (AvgIpc) is 3.21. The topological polar surface area (TPSA) is 69.7 Å². The summed E-state index contributed by atoms with van der Waals surface area (Å²) < 4.78 is 28.9. The zero-order valence-electron chi connectivity index (χ0n) is 15.3. The molecule has 4 rings (SSSR count). The Kier molecular flexibility index (Phi) is 4.79. The first-order valence-electron chi connectivity index (χ1n) is 9.63. The van der Waals surface area contributed by atoms with Crippen molar-refractivity contribution in [3.05, 3.63) is 23.8 Å². The maximum Gasteiger partial charge on any atom is 0.241 e. The molecule has 7 heteroatoms. The Labute approximate surface area is 155 Å². The van der Waals surface area contributed by atoms with Gasteiger partial charge in [-0.1, -0.05) is 6.42 Å². The van der Waals surface area contributed by atoms with Gasteiger partial charge in [0.15, 0.2) is 0 Å². The molecule has 1 aromatic carbocycles. The van der Waals surface area contributed by atoms with Crippen molar-refractivity contribution in [3.8, 4) is 0 Å². The number of hydrogen-bond donors (Lipinski definition) is 1. The van der Waals surface area contributed by atoms with Gasteiger partial charge in [0.2, 0.25) is 15.9 Å². The van der Waals surface area contributed by atoms with Gasteiger partial charge >= 0.3 is 0 Å². The van der Waals surface area contributed by atoms with Gasteiger partial charge in [0, 0.05) is 37.3 Å². The molecule has 0 bridgehead atoms. The lowest BCUT2D eigenvalue weighted by atomic mass is 10.00. The van der Waals surface area contributed by atoms with E-state index in [1.54, 1.807) is 24.0 Å². The number of anilines is 1. The van der Waals surface area contributed by atoms with E-state index in [9.17, 15) is 13.2 Å². The summed E-state index contributed by atoms with van der Waals surface area (Å²) in [6, 6.07) is 5.55. The van der Waals surface area contributed by atoms with Crippen molar-refractivity contribution in [2.24, 2.45) is 0 Å². The lowest BCUT2D eigenvalue weighted by Gasteiger charge is -2.32. The number of nitrogens with one attached hydrogen (secondary N) is 1. The van der Waals surface area contributed by atoms with E-state index in [-0.39, 0.29) is 11.9 Å². The molecule has 1 amide bonds. The molecule has 1 aromatic rings. The number of benzene rings is 1. The molecular weight excluding hydrogens is 350 g/mol. The number of carbonyl (C=O) groups excluding carboxylic acids is 1. The highest BCUT2D eigenvalue weighted by molar-refractivity contribution is 7.89. The highest BCUT2D eigenvalue weighted by atomic mass is 32.2. The number of hydrogen-bond acceptors (Lipinski definition) is 4. The fraction of sp³-hybridized carbons (Fsp3) is 0.632. The van der Waals surface area contributed by atoms with Gasteiger partial charge in [-0.05, 0) is 62.9 Å². The molecule has 3 saturated heterocycles. The second-order valence-corrected chi connectivity index (χ2v) is 9.40. The summed E-state index contributed by atoms with van der Waals surface area (Å²) in [4.78, 5) is 16.4. The van der Waals surface area contributed by atoms with Crippen LogP contribution in [0.4, 0.5) is 5.69 Å². The fourth-order valence-electron chi connectivity index (χ4n) is 4.67. The summed E-state index contributed by atoms with van der Waals surface area (Å²) >= 11 is 0. The molecule has 0 aromatic heterocycles. The standard InChI is InChI=1S/C19H27N3O3S/c1-14-13-15(22-11-4-6-19(22)23)7-8-18(14)26(24,25)20-16-9-12-21-10-3-2-5-17(16)21/h7-8,13,16-17,20H,2-6,9-12H2,1H3/t16-,17-/m0/s1.